The van der Waals surface area contributed by atoms with Gasteiger partial charge in [-0.25, -0.2) is 0 Å². The molecule has 0 spiro atoms. The molecule has 5 nitrogen and oxygen atoms in total. The highest BCUT2D eigenvalue weighted by atomic mass is 16.5. The number of methoxy groups -OCH3 is 1. The number of nitrogens with one attached hydrogen (secondary N) is 1. The molecular weight excluding hydrogens is 270 g/mol. The second-order valence-electron chi connectivity index (χ2n) is 5.33. The van der Waals surface area contributed by atoms with Crippen LogP contribution in [0.25, 0.3) is 0 Å². The number of hydrogen-bond donors (Lipinski definition) is 2. The van der Waals surface area contributed by atoms with Gasteiger partial charge in [-0.05, 0) is 37.4 Å². The minimum Gasteiger partial charge on any atom is -0.493 e. The van der Waals surface area contributed by atoms with Gasteiger partial charge >= 0.3 is 0 Å². The molecule has 1 unspecified atom stereocenters. The Balaban J connectivity index is 1.63. The molecule has 2 rings (SSSR count). The van der Waals surface area contributed by atoms with Crippen LogP contribution < -0.4 is 14.8 Å². The first-order valence-electron chi connectivity index (χ1n) is 7.52. The first-order chi connectivity index (χ1) is 10.3. The van der Waals surface area contributed by atoms with Gasteiger partial charge in [-0.1, -0.05) is 12.1 Å². The van der Waals surface area contributed by atoms with Crippen molar-refractivity contribution in [1.29, 1.82) is 0 Å². The van der Waals surface area contributed by atoms with Crippen molar-refractivity contribution < 1.29 is 19.3 Å². The Hall–Kier alpha value is -1.30. The van der Waals surface area contributed by atoms with Crippen molar-refractivity contribution in [2.45, 2.75) is 18.9 Å². The van der Waals surface area contributed by atoms with Gasteiger partial charge in [0.15, 0.2) is 11.5 Å². The van der Waals surface area contributed by atoms with Gasteiger partial charge in [0.2, 0.25) is 0 Å². The molecule has 1 aromatic rings. The minimum absolute atomic E-state index is 0.251. The van der Waals surface area contributed by atoms with E-state index in [9.17, 15) is 5.11 Å². The van der Waals surface area contributed by atoms with Crippen molar-refractivity contribution in [3.63, 3.8) is 0 Å². The summed E-state index contributed by atoms with van der Waals surface area (Å²) in [7, 11) is 1.61. The van der Waals surface area contributed by atoms with E-state index < -0.39 is 6.10 Å². The molecule has 2 N–H and O–H groups in total. The number of ether oxygens (including phenoxy) is 3. The number of aliphatic hydroxyl groups is 1. The fourth-order valence-electron chi connectivity index (χ4n) is 2.39. The third kappa shape index (κ3) is 5.53. The van der Waals surface area contributed by atoms with Gasteiger partial charge in [0.05, 0.1) is 7.11 Å². The molecule has 0 amide bonds. The van der Waals surface area contributed by atoms with Crippen molar-refractivity contribution >= 4 is 0 Å². The molecule has 1 atom stereocenters. The van der Waals surface area contributed by atoms with E-state index >= 15 is 0 Å². The van der Waals surface area contributed by atoms with Gasteiger partial charge < -0.3 is 24.6 Å². The summed E-state index contributed by atoms with van der Waals surface area (Å²) in [6.07, 6.45) is 1.66. The number of aliphatic hydroxyl groups excluding tert-OH is 1. The highest BCUT2D eigenvalue weighted by Crippen LogP contribution is 2.25. The molecule has 1 heterocycles. The zero-order chi connectivity index (χ0) is 14.9. The second-order valence-corrected chi connectivity index (χ2v) is 5.33. The van der Waals surface area contributed by atoms with Crippen LogP contribution in [0.5, 0.6) is 11.5 Å². The zero-order valence-electron chi connectivity index (χ0n) is 12.6. The maximum absolute atomic E-state index is 9.95. The Kier molecular flexibility index (Phi) is 6.79. The summed E-state index contributed by atoms with van der Waals surface area (Å²) >= 11 is 0. The summed E-state index contributed by atoms with van der Waals surface area (Å²) < 4.78 is 16.1. The van der Waals surface area contributed by atoms with Crippen molar-refractivity contribution in [1.82, 2.24) is 5.32 Å². The molecule has 0 aromatic heterocycles. The van der Waals surface area contributed by atoms with E-state index in [2.05, 4.69) is 5.32 Å². The Bertz CT molecular complexity index is 407. The predicted molar refractivity (Wildman–Crippen MR) is 80.9 cm³/mol. The highest BCUT2D eigenvalue weighted by molar-refractivity contribution is 5.39. The van der Waals surface area contributed by atoms with Crippen LogP contribution in [0.1, 0.15) is 12.8 Å². The Morgan fingerprint density at radius 3 is 2.71 bits per heavy atom. The summed E-state index contributed by atoms with van der Waals surface area (Å²) in [6.45, 7) is 3.42. The lowest BCUT2D eigenvalue weighted by atomic mass is 10.0. The lowest BCUT2D eigenvalue weighted by molar-refractivity contribution is 0.0629. The average molecular weight is 295 g/mol. The fraction of sp³-hybridized carbons (Fsp3) is 0.625. The normalized spacial score (nSPS) is 17.4. The van der Waals surface area contributed by atoms with Crippen LogP contribution in [-0.2, 0) is 4.74 Å². The lowest BCUT2D eigenvalue weighted by Gasteiger charge is -2.23. The lowest BCUT2D eigenvalue weighted by Crippen LogP contribution is -2.35. The maximum Gasteiger partial charge on any atom is 0.161 e. The third-order valence-electron chi connectivity index (χ3n) is 3.65. The van der Waals surface area contributed by atoms with Crippen molar-refractivity contribution in [3.8, 4) is 11.5 Å². The Labute approximate surface area is 126 Å². The fourth-order valence-corrected chi connectivity index (χ4v) is 2.39. The Morgan fingerprint density at radius 2 is 2.00 bits per heavy atom. The molecule has 118 valence electrons. The molecule has 5 heteroatoms. The molecule has 1 aliphatic rings. The zero-order valence-corrected chi connectivity index (χ0v) is 12.6. The summed E-state index contributed by atoms with van der Waals surface area (Å²) in [5.74, 6) is 1.99. The molecule has 0 aliphatic carbocycles. The maximum atomic E-state index is 9.95. The van der Waals surface area contributed by atoms with E-state index in [0.717, 1.165) is 32.6 Å². The van der Waals surface area contributed by atoms with Crippen LogP contribution in [0.2, 0.25) is 0 Å². The van der Waals surface area contributed by atoms with E-state index in [-0.39, 0.29) is 6.61 Å². The van der Waals surface area contributed by atoms with Crippen LogP contribution in [0.4, 0.5) is 0 Å². The highest BCUT2D eigenvalue weighted by Gasteiger charge is 2.14. The van der Waals surface area contributed by atoms with Crippen molar-refractivity contribution in [3.05, 3.63) is 24.3 Å². The van der Waals surface area contributed by atoms with Crippen LogP contribution >= 0.6 is 0 Å². The van der Waals surface area contributed by atoms with Gasteiger partial charge in [-0.3, -0.25) is 0 Å². The molecule has 0 bridgehead atoms. The summed E-state index contributed by atoms with van der Waals surface area (Å²) in [6, 6.07) is 7.44. The van der Waals surface area contributed by atoms with Crippen LogP contribution in [0, 0.1) is 5.92 Å². The summed E-state index contributed by atoms with van der Waals surface area (Å²) in [5, 5.41) is 13.3. The molecule has 21 heavy (non-hydrogen) atoms. The van der Waals surface area contributed by atoms with E-state index in [1.807, 2.05) is 24.3 Å². The first kappa shape index (κ1) is 16.1. The molecule has 1 saturated heterocycles. The quantitative estimate of drug-likeness (QED) is 0.760. The first-order valence-corrected chi connectivity index (χ1v) is 7.52. The van der Waals surface area contributed by atoms with Gasteiger partial charge in [0.1, 0.15) is 12.7 Å². The van der Waals surface area contributed by atoms with E-state index in [1.165, 1.54) is 0 Å². The molecule has 1 aromatic carbocycles. The number of benzene rings is 1. The molecule has 0 saturated carbocycles. The molecular formula is C16H25NO4. The van der Waals surface area contributed by atoms with Crippen LogP contribution in [-0.4, -0.2) is 51.2 Å². The minimum atomic E-state index is -0.533. The van der Waals surface area contributed by atoms with E-state index in [0.29, 0.717) is 24.0 Å². The smallest absolute Gasteiger partial charge is 0.161 e. The third-order valence-corrected chi connectivity index (χ3v) is 3.65. The van der Waals surface area contributed by atoms with Crippen molar-refractivity contribution in [2.75, 3.05) is 40.0 Å². The largest absolute Gasteiger partial charge is 0.493 e. The van der Waals surface area contributed by atoms with Gasteiger partial charge in [-0.2, -0.15) is 0 Å². The number of para-hydroxylation sites is 2. The van der Waals surface area contributed by atoms with Gasteiger partial charge in [-0.15, -0.1) is 0 Å². The second kappa shape index (κ2) is 8.87. The van der Waals surface area contributed by atoms with Crippen molar-refractivity contribution in [2.24, 2.45) is 5.92 Å². The van der Waals surface area contributed by atoms with Crippen LogP contribution in [0.3, 0.4) is 0 Å². The summed E-state index contributed by atoms with van der Waals surface area (Å²) in [5.41, 5.74) is 0. The Morgan fingerprint density at radius 1 is 1.29 bits per heavy atom. The molecule has 1 aliphatic heterocycles. The monoisotopic (exact) mass is 295 g/mol. The van der Waals surface area contributed by atoms with Gasteiger partial charge in [0, 0.05) is 19.8 Å². The molecule has 1 fully saturated rings. The van der Waals surface area contributed by atoms with E-state index in [1.54, 1.807) is 7.11 Å². The standard InChI is InChI=1S/C16H25NO4/c1-19-15-4-2-3-5-16(15)21-12-14(18)11-17-10-13-6-8-20-9-7-13/h2-5,13-14,17-18H,6-12H2,1H3. The molecule has 0 radical (unpaired) electrons. The summed E-state index contributed by atoms with van der Waals surface area (Å²) in [4.78, 5) is 0. The average Bonchev–Trinajstić information content (AvgIpc) is 2.54. The van der Waals surface area contributed by atoms with Crippen LogP contribution in [0.15, 0.2) is 24.3 Å². The number of rotatable bonds is 8. The SMILES string of the molecule is COc1ccccc1OCC(O)CNCC1CCOCC1. The van der Waals surface area contributed by atoms with E-state index in [4.69, 9.17) is 14.2 Å². The number of hydrogen-bond acceptors (Lipinski definition) is 5. The van der Waals surface area contributed by atoms with Gasteiger partial charge in [0.25, 0.3) is 0 Å². The topological polar surface area (TPSA) is 60.0 Å². The predicted octanol–water partition coefficient (Wildman–Crippen LogP) is 1.45.